The first-order valence-electron chi connectivity index (χ1n) is 9.04. The van der Waals surface area contributed by atoms with Crippen LogP contribution in [-0.4, -0.2) is 41.2 Å². The van der Waals surface area contributed by atoms with Gasteiger partial charge in [0, 0.05) is 24.2 Å². The number of imide groups is 1. The van der Waals surface area contributed by atoms with Gasteiger partial charge in [-0.15, -0.1) is 12.4 Å². The molecule has 3 rings (SSSR count). The minimum Gasteiger partial charge on any atom is -0.352 e. The molecule has 1 heterocycles. The highest BCUT2D eigenvalue weighted by molar-refractivity contribution is 6.22. The minimum absolute atomic E-state index is 0. The van der Waals surface area contributed by atoms with E-state index in [1.807, 2.05) is 6.92 Å². The van der Waals surface area contributed by atoms with Gasteiger partial charge in [-0.1, -0.05) is 19.3 Å². The lowest BCUT2D eigenvalue weighted by Gasteiger charge is -2.29. The number of carbonyl (C=O) groups is 3. The number of halogens is 1. The highest BCUT2D eigenvalue weighted by Crippen LogP contribution is 2.31. The maximum absolute atomic E-state index is 12.7. The van der Waals surface area contributed by atoms with Gasteiger partial charge in [-0.25, -0.2) is 0 Å². The van der Waals surface area contributed by atoms with Crippen molar-refractivity contribution in [3.63, 3.8) is 0 Å². The van der Waals surface area contributed by atoms with E-state index in [1.165, 1.54) is 4.90 Å². The molecule has 6 nitrogen and oxygen atoms in total. The Balaban J connectivity index is 0.00000243. The van der Waals surface area contributed by atoms with Crippen molar-refractivity contribution >= 4 is 30.1 Å². The fourth-order valence-electron chi connectivity index (χ4n) is 3.59. The molecule has 3 N–H and O–H groups in total. The molecule has 0 saturated heterocycles. The van der Waals surface area contributed by atoms with Gasteiger partial charge >= 0.3 is 0 Å². The molecule has 2 aliphatic rings. The molecule has 0 bridgehead atoms. The van der Waals surface area contributed by atoms with Crippen molar-refractivity contribution in [3.05, 3.63) is 34.9 Å². The number of rotatable bonds is 5. The lowest BCUT2D eigenvalue weighted by molar-refractivity contribution is 0.0549. The van der Waals surface area contributed by atoms with Gasteiger partial charge in [0.15, 0.2) is 0 Å². The minimum atomic E-state index is -0.267. The number of carbonyl (C=O) groups excluding carboxylic acids is 3. The Labute approximate surface area is 159 Å². The van der Waals surface area contributed by atoms with Crippen LogP contribution in [0.25, 0.3) is 0 Å². The number of nitrogens with two attached hydrogens (primary N) is 1. The van der Waals surface area contributed by atoms with E-state index in [2.05, 4.69) is 5.32 Å². The van der Waals surface area contributed by atoms with Crippen LogP contribution in [0.1, 0.15) is 76.5 Å². The normalized spacial score (nSPS) is 18.3. The second kappa shape index (κ2) is 8.64. The zero-order valence-corrected chi connectivity index (χ0v) is 15.8. The topological polar surface area (TPSA) is 92.5 Å². The van der Waals surface area contributed by atoms with E-state index in [9.17, 15) is 14.4 Å². The molecule has 1 aliphatic heterocycles. The van der Waals surface area contributed by atoms with E-state index in [1.54, 1.807) is 18.2 Å². The zero-order valence-electron chi connectivity index (χ0n) is 15.0. The van der Waals surface area contributed by atoms with Gasteiger partial charge in [-0.2, -0.15) is 0 Å². The van der Waals surface area contributed by atoms with Gasteiger partial charge in [0.05, 0.1) is 11.1 Å². The quantitative estimate of drug-likeness (QED) is 0.769. The molecule has 1 aromatic carbocycles. The highest BCUT2D eigenvalue weighted by Gasteiger charge is 2.40. The van der Waals surface area contributed by atoms with E-state index in [4.69, 9.17) is 5.73 Å². The monoisotopic (exact) mass is 379 g/mol. The summed E-state index contributed by atoms with van der Waals surface area (Å²) in [5.41, 5.74) is 6.82. The molecule has 1 atom stereocenters. The van der Waals surface area contributed by atoms with Crippen molar-refractivity contribution in [2.75, 3.05) is 6.54 Å². The lowest BCUT2D eigenvalue weighted by Crippen LogP contribution is -2.40. The molecule has 0 spiro atoms. The predicted octanol–water partition coefficient (Wildman–Crippen LogP) is 2.50. The van der Waals surface area contributed by atoms with Crippen molar-refractivity contribution in [2.45, 2.75) is 57.5 Å². The Hall–Kier alpha value is -1.92. The van der Waals surface area contributed by atoms with Crippen LogP contribution >= 0.6 is 12.4 Å². The SMILES string of the molecule is CC(N)CCNC(=O)c1ccc2c(c1)C(=O)N(C1CCCCC1)C2=O.Cl. The Morgan fingerprint density at radius 2 is 1.85 bits per heavy atom. The van der Waals surface area contributed by atoms with Crippen LogP contribution in [0, 0.1) is 0 Å². The van der Waals surface area contributed by atoms with Crippen molar-refractivity contribution < 1.29 is 14.4 Å². The first-order valence-corrected chi connectivity index (χ1v) is 9.04. The third-order valence-electron chi connectivity index (χ3n) is 5.01. The largest absolute Gasteiger partial charge is 0.352 e. The van der Waals surface area contributed by atoms with Crippen LogP contribution in [0.3, 0.4) is 0 Å². The smallest absolute Gasteiger partial charge is 0.261 e. The molecule has 0 radical (unpaired) electrons. The van der Waals surface area contributed by atoms with Crippen molar-refractivity contribution in [3.8, 4) is 0 Å². The van der Waals surface area contributed by atoms with Crippen LogP contribution in [0.4, 0.5) is 0 Å². The van der Waals surface area contributed by atoms with Gasteiger partial charge in [0.2, 0.25) is 0 Å². The molecule has 1 aliphatic carbocycles. The molecular weight excluding hydrogens is 354 g/mol. The van der Waals surface area contributed by atoms with Gasteiger partial charge in [-0.05, 0) is 44.4 Å². The van der Waals surface area contributed by atoms with E-state index in [0.717, 1.165) is 32.1 Å². The standard InChI is InChI=1S/C19H25N3O3.ClH/c1-12(20)9-10-21-17(23)13-7-8-15-16(11-13)19(25)22(18(15)24)14-5-3-2-4-6-14;/h7-8,11-12,14H,2-6,9-10,20H2,1H3,(H,21,23);1H. The van der Waals surface area contributed by atoms with Crippen molar-refractivity contribution in [1.82, 2.24) is 10.2 Å². The molecule has 1 unspecified atom stereocenters. The second-order valence-corrected chi connectivity index (χ2v) is 7.05. The summed E-state index contributed by atoms with van der Waals surface area (Å²) in [5, 5.41) is 2.79. The third kappa shape index (κ3) is 4.07. The van der Waals surface area contributed by atoms with Crippen LogP contribution in [-0.2, 0) is 0 Å². The molecule has 3 amide bonds. The van der Waals surface area contributed by atoms with Gasteiger partial charge in [0.1, 0.15) is 0 Å². The number of nitrogens with one attached hydrogen (secondary N) is 1. The van der Waals surface area contributed by atoms with Crippen LogP contribution in [0.2, 0.25) is 0 Å². The van der Waals surface area contributed by atoms with Gasteiger partial charge in [-0.3, -0.25) is 19.3 Å². The van der Waals surface area contributed by atoms with Crippen LogP contribution < -0.4 is 11.1 Å². The Morgan fingerprint density at radius 1 is 1.19 bits per heavy atom. The van der Waals surface area contributed by atoms with E-state index < -0.39 is 0 Å². The summed E-state index contributed by atoms with van der Waals surface area (Å²) in [7, 11) is 0. The molecule has 1 fully saturated rings. The molecule has 7 heteroatoms. The van der Waals surface area contributed by atoms with E-state index in [-0.39, 0.29) is 42.2 Å². The summed E-state index contributed by atoms with van der Waals surface area (Å²) in [6, 6.07) is 4.75. The Morgan fingerprint density at radius 3 is 2.50 bits per heavy atom. The summed E-state index contributed by atoms with van der Waals surface area (Å²) in [4.78, 5) is 39.0. The zero-order chi connectivity index (χ0) is 18.0. The fraction of sp³-hybridized carbons (Fsp3) is 0.526. The fourth-order valence-corrected chi connectivity index (χ4v) is 3.59. The lowest BCUT2D eigenvalue weighted by atomic mass is 9.94. The molecule has 142 valence electrons. The predicted molar refractivity (Wildman–Crippen MR) is 102 cm³/mol. The third-order valence-corrected chi connectivity index (χ3v) is 5.01. The molecule has 0 aromatic heterocycles. The number of benzene rings is 1. The molecule has 1 saturated carbocycles. The van der Waals surface area contributed by atoms with E-state index in [0.29, 0.717) is 29.7 Å². The average Bonchev–Trinajstić information content (AvgIpc) is 2.86. The average molecular weight is 380 g/mol. The number of nitrogens with zero attached hydrogens (tertiary/aromatic N) is 1. The Bertz CT molecular complexity index is 699. The molecule has 26 heavy (non-hydrogen) atoms. The number of hydrogen-bond donors (Lipinski definition) is 2. The molecular formula is C19H26ClN3O3. The van der Waals surface area contributed by atoms with Crippen molar-refractivity contribution in [2.24, 2.45) is 5.73 Å². The summed E-state index contributed by atoms with van der Waals surface area (Å²) in [6.07, 6.45) is 5.68. The summed E-state index contributed by atoms with van der Waals surface area (Å²) < 4.78 is 0. The van der Waals surface area contributed by atoms with E-state index >= 15 is 0 Å². The Kier molecular flexibility index (Phi) is 6.78. The number of amides is 3. The first-order chi connectivity index (χ1) is 12.0. The maximum Gasteiger partial charge on any atom is 0.261 e. The maximum atomic E-state index is 12.7. The van der Waals surface area contributed by atoms with Crippen LogP contribution in [0.15, 0.2) is 18.2 Å². The van der Waals surface area contributed by atoms with Crippen molar-refractivity contribution in [1.29, 1.82) is 0 Å². The molecule has 1 aromatic rings. The number of fused-ring (bicyclic) bond motifs is 1. The summed E-state index contributed by atoms with van der Waals surface area (Å²) in [6.45, 7) is 2.36. The summed E-state index contributed by atoms with van der Waals surface area (Å²) >= 11 is 0. The number of hydrogen-bond acceptors (Lipinski definition) is 4. The highest BCUT2D eigenvalue weighted by atomic mass is 35.5. The summed E-state index contributed by atoms with van der Waals surface area (Å²) in [5.74, 6) is -0.743. The van der Waals surface area contributed by atoms with Crippen LogP contribution in [0.5, 0.6) is 0 Å². The second-order valence-electron chi connectivity index (χ2n) is 7.05. The van der Waals surface area contributed by atoms with Gasteiger partial charge in [0.25, 0.3) is 17.7 Å². The first kappa shape index (κ1) is 20.4. The van der Waals surface area contributed by atoms with Gasteiger partial charge < -0.3 is 11.1 Å².